The maximum atomic E-state index is 14.0. The highest BCUT2D eigenvalue weighted by atomic mass is 35.5. The number of benzene rings is 3. The van der Waals surface area contributed by atoms with Crippen LogP contribution in [0.15, 0.2) is 78.9 Å². The summed E-state index contributed by atoms with van der Waals surface area (Å²) in [5.74, 6) is -0.336. The second kappa shape index (κ2) is 14.7. The lowest BCUT2D eigenvalue weighted by Crippen LogP contribution is -2.52. The van der Waals surface area contributed by atoms with E-state index in [0.29, 0.717) is 23.6 Å². The lowest BCUT2D eigenvalue weighted by atomic mass is 10.0. The summed E-state index contributed by atoms with van der Waals surface area (Å²) in [6.45, 7) is 2.41. The van der Waals surface area contributed by atoms with Crippen LogP contribution in [-0.4, -0.2) is 50.0 Å². The first-order valence-corrected chi connectivity index (χ1v) is 16.8. The van der Waals surface area contributed by atoms with Crippen molar-refractivity contribution in [3.05, 3.63) is 101 Å². The molecule has 0 aliphatic heterocycles. The fourth-order valence-electron chi connectivity index (χ4n) is 5.50. The smallest absolute Gasteiger partial charge is 0.243 e. The number of hydrogen-bond donors (Lipinski definition) is 1. The molecule has 1 atom stereocenters. The van der Waals surface area contributed by atoms with Crippen molar-refractivity contribution >= 4 is 39.1 Å². The van der Waals surface area contributed by atoms with Crippen LogP contribution in [0.25, 0.3) is 0 Å². The Morgan fingerprint density at radius 2 is 1.60 bits per heavy atom. The minimum absolute atomic E-state index is 0.0908. The molecule has 0 aromatic heterocycles. The van der Waals surface area contributed by atoms with E-state index in [1.807, 2.05) is 61.5 Å². The Kier molecular flexibility index (Phi) is 11.0. The van der Waals surface area contributed by atoms with E-state index in [1.54, 1.807) is 29.2 Å². The van der Waals surface area contributed by atoms with E-state index in [1.165, 1.54) is 4.31 Å². The fraction of sp³-hybridized carbons (Fsp3) is 0.394. The van der Waals surface area contributed by atoms with E-state index in [0.717, 1.165) is 48.6 Å². The molecule has 0 saturated heterocycles. The lowest BCUT2D eigenvalue weighted by Gasteiger charge is -2.33. The van der Waals surface area contributed by atoms with Crippen LogP contribution in [-0.2, 0) is 32.6 Å². The Bertz CT molecular complexity index is 1440. The van der Waals surface area contributed by atoms with Gasteiger partial charge in [-0.1, -0.05) is 79.0 Å². The highest BCUT2D eigenvalue weighted by molar-refractivity contribution is 7.92. The highest BCUT2D eigenvalue weighted by Crippen LogP contribution is 2.23. The van der Waals surface area contributed by atoms with Crippen molar-refractivity contribution in [1.29, 1.82) is 0 Å². The molecule has 1 saturated carbocycles. The van der Waals surface area contributed by atoms with Crippen molar-refractivity contribution < 1.29 is 18.0 Å². The number of anilines is 1. The quantitative estimate of drug-likeness (QED) is 0.262. The minimum Gasteiger partial charge on any atom is -0.352 e. The monoisotopic (exact) mass is 609 g/mol. The zero-order valence-corrected chi connectivity index (χ0v) is 25.9. The van der Waals surface area contributed by atoms with E-state index in [-0.39, 0.29) is 37.4 Å². The summed E-state index contributed by atoms with van der Waals surface area (Å²) in [5.41, 5.74) is 3.47. The normalized spacial score (nSPS) is 14.4. The van der Waals surface area contributed by atoms with Crippen molar-refractivity contribution in [3.63, 3.8) is 0 Å². The molecule has 224 valence electrons. The molecule has 0 radical (unpaired) electrons. The van der Waals surface area contributed by atoms with Crippen LogP contribution >= 0.6 is 11.6 Å². The summed E-state index contributed by atoms with van der Waals surface area (Å²) in [7, 11) is -3.59. The number of nitrogens with zero attached hydrogens (tertiary/aromatic N) is 2. The van der Waals surface area contributed by atoms with Crippen molar-refractivity contribution in [2.24, 2.45) is 0 Å². The number of amides is 2. The third-order valence-electron chi connectivity index (χ3n) is 7.84. The molecule has 0 spiro atoms. The van der Waals surface area contributed by atoms with Gasteiger partial charge in [0, 0.05) is 37.0 Å². The Labute approximate surface area is 254 Å². The summed E-state index contributed by atoms with van der Waals surface area (Å²) in [6.07, 6.45) is 5.99. The van der Waals surface area contributed by atoms with Crippen LogP contribution < -0.4 is 9.62 Å². The van der Waals surface area contributed by atoms with Gasteiger partial charge in [-0.25, -0.2) is 8.42 Å². The second-order valence-corrected chi connectivity index (χ2v) is 13.4. The maximum absolute atomic E-state index is 14.0. The van der Waals surface area contributed by atoms with Gasteiger partial charge in [-0.15, -0.1) is 0 Å². The van der Waals surface area contributed by atoms with Crippen LogP contribution in [0.3, 0.4) is 0 Å². The number of halogens is 1. The zero-order chi connectivity index (χ0) is 30.1. The Morgan fingerprint density at radius 1 is 0.952 bits per heavy atom. The number of hydrogen-bond acceptors (Lipinski definition) is 4. The molecule has 2 amide bonds. The van der Waals surface area contributed by atoms with Crippen molar-refractivity contribution in [2.45, 2.75) is 70.5 Å². The number of rotatable bonds is 13. The molecule has 3 aromatic rings. The van der Waals surface area contributed by atoms with E-state index in [4.69, 9.17) is 11.6 Å². The topological polar surface area (TPSA) is 86.8 Å². The number of carbonyl (C=O) groups excluding carboxylic acids is 2. The summed E-state index contributed by atoms with van der Waals surface area (Å²) in [6, 6.07) is 23.6. The van der Waals surface area contributed by atoms with Crippen LogP contribution in [0.2, 0.25) is 5.02 Å². The third kappa shape index (κ3) is 8.82. The highest BCUT2D eigenvalue weighted by Gasteiger charge is 2.32. The second-order valence-electron chi connectivity index (χ2n) is 11.1. The SMILES string of the molecule is Cc1ccccc1CN(C(=O)CCCN(c1ccc(Cl)cc1)S(C)(=O)=O)[C@@H](Cc1ccccc1)C(=O)NC1CCCC1. The van der Waals surface area contributed by atoms with Gasteiger partial charge in [0.15, 0.2) is 0 Å². The van der Waals surface area contributed by atoms with Gasteiger partial charge in [-0.05, 0) is 67.1 Å². The van der Waals surface area contributed by atoms with Crippen molar-refractivity contribution in [3.8, 4) is 0 Å². The largest absolute Gasteiger partial charge is 0.352 e. The van der Waals surface area contributed by atoms with E-state index in [9.17, 15) is 18.0 Å². The molecule has 0 heterocycles. The van der Waals surface area contributed by atoms with Gasteiger partial charge in [0.2, 0.25) is 21.8 Å². The van der Waals surface area contributed by atoms with E-state index >= 15 is 0 Å². The molecule has 1 fully saturated rings. The number of carbonyl (C=O) groups is 2. The molecule has 42 heavy (non-hydrogen) atoms. The summed E-state index contributed by atoms with van der Waals surface area (Å²) in [4.78, 5) is 29.5. The standard InChI is InChI=1S/C33H40ClN3O4S/c1-25-11-6-7-14-27(25)24-36(31(23-26-12-4-3-5-13-26)33(39)35-29-15-8-9-16-29)32(38)17-10-22-37(42(2,40)41)30-20-18-28(34)19-21-30/h3-7,11-14,18-21,29,31H,8-10,15-17,22-24H2,1-2H3,(H,35,39)/t31-/m0/s1. The van der Waals surface area contributed by atoms with Crippen LogP contribution in [0.4, 0.5) is 5.69 Å². The average Bonchev–Trinajstić information content (AvgIpc) is 3.47. The number of aryl methyl sites for hydroxylation is 1. The first-order valence-electron chi connectivity index (χ1n) is 14.5. The molecule has 0 unspecified atom stereocenters. The third-order valence-corrected chi connectivity index (χ3v) is 9.29. The first kappa shape index (κ1) is 31.6. The summed E-state index contributed by atoms with van der Waals surface area (Å²) >= 11 is 6.00. The summed E-state index contributed by atoms with van der Waals surface area (Å²) < 4.78 is 26.5. The Balaban J connectivity index is 1.59. The predicted molar refractivity (Wildman–Crippen MR) is 169 cm³/mol. The van der Waals surface area contributed by atoms with Crippen LogP contribution in [0, 0.1) is 6.92 Å². The molecule has 0 bridgehead atoms. The van der Waals surface area contributed by atoms with E-state index < -0.39 is 16.1 Å². The van der Waals surface area contributed by atoms with Gasteiger partial charge < -0.3 is 10.2 Å². The molecule has 7 nitrogen and oxygen atoms in total. The molecular formula is C33H40ClN3O4S. The van der Waals surface area contributed by atoms with Crippen molar-refractivity contribution in [1.82, 2.24) is 10.2 Å². The minimum atomic E-state index is -3.59. The molecule has 1 aliphatic rings. The van der Waals surface area contributed by atoms with Gasteiger partial charge in [0.05, 0.1) is 11.9 Å². The molecule has 4 rings (SSSR count). The van der Waals surface area contributed by atoms with Gasteiger partial charge >= 0.3 is 0 Å². The fourth-order valence-corrected chi connectivity index (χ4v) is 6.60. The van der Waals surface area contributed by atoms with Gasteiger partial charge in [-0.3, -0.25) is 13.9 Å². The summed E-state index contributed by atoms with van der Waals surface area (Å²) in [5, 5.41) is 3.73. The lowest BCUT2D eigenvalue weighted by molar-refractivity contribution is -0.141. The van der Waals surface area contributed by atoms with Gasteiger partial charge in [0.25, 0.3) is 0 Å². The number of nitrogens with one attached hydrogen (secondary N) is 1. The molecule has 1 N–H and O–H groups in total. The molecule has 9 heteroatoms. The average molecular weight is 610 g/mol. The first-order chi connectivity index (χ1) is 20.1. The maximum Gasteiger partial charge on any atom is 0.243 e. The van der Waals surface area contributed by atoms with Gasteiger partial charge in [0.1, 0.15) is 6.04 Å². The van der Waals surface area contributed by atoms with Crippen molar-refractivity contribution in [2.75, 3.05) is 17.1 Å². The van der Waals surface area contributed by atoms with Crippen LogP contribution in [0.1, 0.15) is 55.2 Å². The molecule has 3 aromatic carbocycles. The zero-order valence-electron chi connectivity index (χ0n) is 24.3. The molecular weight excluding hydrogens is 570 g/mol. The number of sulfonamides is 1. The Morgan fingerprint density at radius 3 is 2.24 bits per heavy atom. The van der Waals surface area contributed by atoms with Gasteiger partial charge in [-0.2, -0.15) is 0 Å². The predicted octanol–water partition coefficient (Wildman–Crippen LogP) is 5.89. The molecule has 1 aliphatic carbocycles. The van der Waals surface area contributed by atoms with Crippen LogP contribution in [0.5, 0.6) is 0 Å². The van der Waals surface area contributed by atoms with E-state index in [2.05, 4.69) is 5.32 Å². The Hall–Kier alpha value is -3.36.